The zero-order chi connectivity index (χ0) is 10.7. The topological polar surface area (TPSA) is 20.9 Å². The maximum atomic E-state index is 12.6. The van der Waals surface area contributed by atoms with E-state index in [0.29, 0.717) is 12.1 Å². The second-order valence-electron chi connectivity index (χ2n) is 3.13. The average molecular weight is 222 g/mol. The fourth-order valence-electron chi connectivity index (χ4n) is 1.24. The van der Waals surface area contributed by atoms with Crippen molar-refractivity contribution in [3.05, 3.63) is 52.7 Å². The van der Waals surface area contributed by atoms with Crippen LogP contribution in [0.5, 0.6) is 0 Å². The monoisotopic (exact) mass is 222 g/mol. The van der Waals surface area contributed by atoms with Crippen LogP contribution in [0.4, 0.5) is 4.39 Å². The molecule has 0 aliphatic heterocycles. The minimum atomic E-state index is -0.324. The highest BCUT2D eigenvalue weighted by Crippen LogP contribution is 2.03. The lowest BCUT2D eigenvalue weighted by Crippen LogP contribution is -2.34. The summed E-state index contributed by atoms with van der Waals surface area (Å²) in [6.45, 7) is 0.301. The van der Waals surface area contributed by atoms with Gasteiger partial charge in [0, 0.05) is 5.56 Å². The maximum Gasteiger partial charge on any atom is 0.227 e. The number of carbonyl (C=O) groups excluding carboxylic acids is 1. The molecule has 2 aromatic rings. The number of nitrogens with zero attached hydrogens (tertiary/aromatic N) is 1. The number of hydrogen-bond donors (Lipinski definition) is 0. The summed E-state index contributed by atoms with van der Waals surface area (Å²) in [5.74, 6) is -0.340. The van der Waals surface area contributed by atoms with E-state index in [9.17, 15) is 9.18 Å². The quantitative estimate of drug-likeness (QED) is 0.575. The van der Waals surface area contributed by atoms with Gasteiger partial charge in [-0.2, -0.15) is 4.57 Å². The Labute approximate surface area is 90.6 Å². The van der Waals surface area contributed by atoms with Crippen LogP contribution >= 0.6 is 11.3 Å². The van der Waals surface area contributed by atoms with Crippen LogP contribution < -0.4 is 4.57 Å². The van der Waals surface area contributed by atoms with Gasteiger partial charge in [-0.1, -0.05) is 11.3 Å². The van der Waals surface area contributed by atoms with Gasteiger partial charge in [0.25, 0.3) is 0 Å². The number of benzene rings is 1. The first-order valence-electron chi connectivity index (χ1n) is 4.46. The summed E-state index contributed by atoms with van der Waals surface area (Å²) in [5, 5.41) is 1.90. The van der Waals surface area contributed by atoms with E-state index < -0.39 is 0 Å². The van der Waals surface area contributed by atoms with E-state index in [1.165, 1.54) is 35.6 Å². The van der Waals surface area contributed by atoms with Crippen molar-refractivity contribution < 1.29 is 13.8 Å². The fraction of sp³-hybridized carbons (Fsp3) is 0.0909. The van der Waals surface area contributed by atoms with E-state index in [4.69, 9.17) is 0 Å². The van der Waals surface area contributed by atoms with Gasteiger partial charge in [0.2, 0.25) is 17.8 Å². The predicted molar refractivity (Wildman–Crippen MR) is 55.2 cm³/mol. The highest BCUT2D eigenvalue weighted by molar-refractivity contribution is 7.07. The Balaban J connectivity index is 2.11. The molecule has 0 saturated heterocycles. The van der Waals surface area contributed by atoms with Crippen LogP contribution in [-0.2, 0) is 6.54 Å². The van der Waals surface area contributed by atoms with Crippen LogP contribution in [0, 0.1) is 5.82 Å². The molecule has 0 aliphatic rings. The summed E-state index contributed by atoms with van der Waals surface area (Å²) in [6, 6.07) is 5.60. The van der Waals surface area contributed by atoms with Gasteiger partial charge >= 0.3 is 0 Å². The third kappa shape index (κ3) is 2.47. The standard InChI is InChI=1S/C11H9FNOS/c12-10-3-1-9(2-4-10)11(14)7-13-5-6-15-8-13/h1-6,8H,7H2/q+1. The van der Waals surface area contributed by atoms with Crippen molar-refractivity contribution in [2.75, 3.05) is 0 Å². The molecule has 0 radical (unpaired) electrons. The van der Waals surface area contributed by atoms with E-state index in [-0.39, 0.29) is 11.6 Å². The lowest BCUT2D eigenvalue weighted by Gasteiger charge is -1.95. The van der Waals surface area contributed by atoms with Gasteiger partial charge in [0.1, 0.15) is 5.82 Å². The van der Waals surface area contributed by atoms with Gasteiger partial charge in [-0.3, -0.25) is 4.79 Å². The van der Waals surface area contributed by atoms with Crippen LogP contribution in [0.1, 0.15) is 10.4 Å². The fourth-order valence-corrected chi connectivity index (χ4v) is 1.84. The zero-order valence-corrected chi connectivity index (χ0v) is 8.71. The molecule has 0 bridgehead atoms. The Morgan fingerprint density at radius 2 is 2.07 bits per heavy atom. The molecule has 0 aliphatic carbocycles. The molecule has 4 heteroatoms. The minimum Gasteiger partial charge on any atom is -0.287 e. The third-order valence-electron chi connectivity index (χ3n) is 2.02. The van der Waals surface area contributed by atoms with Crippen molar-refractivity contribution in [1.29, 1.82) is 0 Å². The molecule has 0 atom stereocenters. The van der Waals surface area contributed by atoms with Crippen molar-refractivity contribution >= 4 is 17.1 Å². The second kappa shape index (κ2) is 4.31. The Morgan fingerprint density at radius 3 is 2.67 bits per heavy atom. The highest BCUT2D eigenvalue weighted by atomic mass is 32.1. The largest absolute Gasteiger partial charge is 0.287 e. The predicted octanol–water partition coefficient (Wildman–Crippen LogP) is 2.06. The highest BCUT2D eigenvalue weighted by Gasteiger charge is 2.11. The summed E-state index contributed by atoms with van der Waals surface area (Å²) in [4.78, 5) is 11.7. The van der Waals surface area contributed by atoms with Crippen LogP contribution in [0.3, 0.4) is 0 Å². The SMILES string of the molecule is O=C(C[n+]1ccsc1)c1ccc(F)cc1. The summed E-state index contributed by atoms with van der Waals surface area (Å²) in [5.41, 5.74) is 2.40. The molecule has 1 aromatic carbocycles. The molecular formula is C11H9FNOS+. The summed E-state index contributed by atoms with van der Waals surface area (Å²) in [7, 11) is 0. The van der Waals surface area contributed by atoms with E-state index in [0.717, 1.165) is 0 Å². The molecule has 0 spiro atoms. The molecule has 2 rings (SSSR count). The van der Waals surface area contributed by atoms with Crippen LogP contribution in [-0.4, -0.2) is 5.78 Å². The molecule has 0 amide bonds. The third-order valence-corrected chi connectivity index (χ3v) is 2.69. The number of rotatable bonds is 3. The Hall–Kier alpha value is -1.55. The van der Waals surface area contributed by atoms with Gasteiger partial charge < -0.3 is 0 Å². The molecule has 1 aromatic heterocycles. The molecule has 0 saturated carbocycles. The number of ketones is 1. The number of thiazole rings is 1. The first-order valence-corrected chi connectivity index (χ1v) is 5.40. The van der Waals surface area contributed by atoms with E-state index in [1.54, 1.807) is 4.57 Å². The van der Waals surface area contributed by atoms with Gasteiger partial charge in [-0.15, -0.1) is 0 Å². The summed E-state index contributed by atoms with van der Waals surface area (Å²) >= 11 is 1.53. The molecule has 15 heavy (non-hydrogen) atoms. The zero-order valence-electron chi connectivity index (χ0n) is 7.89. The molecule has 0 unspecified atom stereocenters. The number of carbonyl (C=O) groups is 1. The van der Waals surface area contributed by atoms with Crippen LogP contribution in [0.2, 0.25) is 0 Å². The van der Waals surface area contributed by atoms with Gasteiger partial charge in [-0.05, 0) is 24.3 Å². The van der Waals surface area contributed by atoms with Crippen LogP contribution in [0.15, 0.2) is 41.4 Å². The smallest absolute Gasteiger partial charge is 0.227 e. The van der Waals surface area contributed by atoms with E-state index >= 15 is 0 Å². The Bertz CT molecular complexity index is 450. The lowest BCUT2D eigenvalue weighted by atomic mass is 10.1. The lowest BCUT2D eigenvalue weighted by molar-refractivity contribution is -0.678. The summed E-state index contributed by atoms with van der Waals surface area (Å²) < 4.78 is 14.4. The molecule has 2 nitrogen and oxygen atoms in total. The first-order chi connectivity index (χ1) is 7.25. The van der Waals surface area contributed by atoms with E-state index in [2.05, 4.69) is 0 Å². The van der Waals surface area contributed by atoms with Gasteiger partial charge in [0.15, 0.2) is 6.20 Å². The van der Waals surface area contributed by atoms with Crippen LogP contribution in [0.25, 0.3) is 0 Å². The number of halogens is 1. The number of Topliss-reactive ketones (excluding diaryl/α,β-unsaturated/α-hetero) is 1. The number of aromatic nitrogens is 1. The van der Waals surface area contributed by atoms with Crippen molar-refractivity contribution in [1.82, 2.24) is 0 Å². The normalized spacial score (nSPS) is 10.2. The Kier molecular flexibility index (Phi) is 2.87. The van der Waals surface area contributed by atoms with Gasteiger partial charge in [0.05, 0.1) is 5.38 Å². The average Bonchev–Trinajstić information content (AvgIpc) is 2.71. The summed E-state index contributed by atoms with van der Waals surface area (Å²) in [6.07, 6.45) is 1.84. The van der Waals surface area contributed by atoms with Crippen molar-refractivity contribution in [3.8, 4) is 0 Å². The number of hydrogen-bond acceptors (Lipinski definition) is 2. The molecule has 76 valence electrons. The molecule has 0 fully saturated rings. The maximum absolute atomic E-state index is 12.6. The first kappa shape index (κ1) is 9.98. The van der Waals surface area contributed by atoms with Crippen molar-refractivity contribution in [2.45, 2.75) is 6.54 Å². The van der Waals surface area contributed by atoms with Gasteiger partial charge in [-0.25, -0.2) is 4.39 Å². The second-order valence-corrected chi connectivity index (χ2v) is 3.88. The van der Waals surface area contributed by atoms with E-state index in [1.807, 2.05) is 17.1 Å². The molecular weight excluding hydrogens is 213 g/mol. The van der Waals surface area contributed by atoms with Crippen molar-refractivity contribution in [2.24, 2.45) is 0 Å². The molecule has 1 heterocycles. The minimum absolute atomic E-state index is 0.0154. The molecule has 0 N–H and O–H groups in total. The Morgan fingerprint density at radius 1 is 1.33 bits per heavy atom. The van der Waals surface area contributed by atoms with Crippen molar-refractivity contribution in [3.63, 3.8) is 0 Å².